The van der Waals surface area contributed by atoms with Crippen LogP contribution < -0.4 is 0 Å². The van der Waals surface area contributed by atoms with E-state index in [2.05, 4.69) is 44.1 Å². The van der Waals surface area contributed by atoms with Gasteiger partial charge in [-0.1, -0.05) is 20.8 Å². The van der Waals surface area contributed by atoms with Crippen LogP contribution in [0.2, 0.25) is 18.1 Å². The minimum atomic E-state index is -1.86. The highest BCUT2D eigenvalue weighted by atomic mass is 28.4. The predicted octanol–water partition coefficient (Wildman–Crippen LogP) is 3.19. The number of hydrogen-bond acceptors (Lipinski definition) is 3. The van der Waals surface area contributed by atoms with Gasteiger partial charge in [-0.3, -0.25) is 5.10 Å². The van der Waals surface area contributed by atoms with E-state index in [0.717, 1.165) is 0 Å². The maximum Gasteiger partial charge on any atom is 0.356 e. The molecule has 0 aliphatic rings. The second-order valence-corrected chi connectivity index (χ2v) is 10.8. The Balaban J connectivity index is 2.82. The number of carboxylic acids is 1. The van der Waals surface area contributed by atoms with Crippen LogP contribution in [0.25, 0.3) is 0 Å². The number of aromatic amines is 1. The molecule has 0 amide bonds. The van der Waals surface area contributed by atoms with Gasteiger partial charge in [-0.2, -0.15) is 5.10 Å². The van der Waals surface area contributed by atoms with E-state index < -0.39 is 14.3 Å². The van der Waals surface area contributed by atoms with Gasteiger partial charge in [0, 0.05) is 0 Å². The zero-order valence-electron chi connectivity index (χ0n) is 11.9. The molecule has 0 fully saturated rings. The van der Waals surface area contributed by atoms with Crippen LogP contribution in [0.4, 0.5) is 0 Å². The Kier molecular flexibility index (Phi) is 4.02. The summed E-state index contributed by atoms with van der Waals surface area (Å²) < 4.78 is 6.16. The zero-order chi connectivity index (χ0) is 14.1. The molecule has 0 aromatic carbocycles. The van der Waals surface area contributed by atoms with Gasteiger partial charge in [0.05, 0.1) is 11.8 Å². The van der Waals surface area contributed by atoms with Gasteiger partial charge in [0.25, 0.3) is 0 Å². The van der Waals surface area contributed by atoms with Gasteiger partial charge in [0.1, 0.15) is 0 Å². The van der Waals surface area contributed by atoms with E-state index >= 15 is 0 Å². The summed E-state index contributed by atoms with van der Waals surface area (Å²) in [5.41, 5.74) is 0.730. The van der Waals surface area contributed by atoms with E-state index in [0.29, 0.717) is 5.69 Å². The molecule has 2 N–H and O–H groups in total. The molecular formula is C12H22N2O3Si. The first-order valence-corrected chi connectivity index (χ1v) is 8.92. The van der Waals surface area contributed by atoms with Gasteiger partial charge in [-0.15, -0.1) is 0 Å². The number of rotatable bonds is 4. The highest BCUT2D eigenvalue weighted by molar-refractivity contribution is 6.74. The van der Waals surface area contributed by atoms with Crippen molar-refractivity contribution >= 4 is 14.3 Å². The van der Waals surface area contributed by atoms with Crippen LogP contribution in [0.1, 0.15) is 50.0 Å². The average molecular weight is 270 g/mol. The quantitative estimate of drug-likeness (QED) is 0.824. The molecule has 1 heterocycles. The summed E-state index contributed by atoms with van der Waals surface area (Å²) in [6.45, 7) is 12.8. The van der Waals surface area contributed by atoms with Crippen molar-refractivity contribution < 1.29 is 14.3 Å². The van der Waals surface area contributed by atoms with Crippen LogP contribution in [0.3, 0.4) is 0 Å². The molecule has 1 aromatic rings. The van der Waals surface area contributed by atoms with Crippen molar-refractivity contribution in [3.63, 3.8) is 0 Å². The molecule has 0 saturated heterocycles. The molecular weight excluding hydrogens is 248 g/mol. The number of H-pyrrole nitrogens is 1. The fraction of sp³-hybridized carbons (Fsp3) is 0.667. The van der Waals surface area contributed by atoms with Crippen LogP contribution in [-0.2, 0) is 4.43 Å². The first kappa shape index (κ1) is 14.9. The fourth-order valence-corrected chi connectivity index (χ4v) is 2.70. The van der Waals surface area contributed by atoms with Gasteiger partial charge < -0.3 is 9.53 Å². The van der Waals surface area contributed by atoms with E-state index in [-0.39, 0.29) is 16.8 Å². The molecule has 0 unspecified atom stereocenters. The summed E-state index contributed by atoms with van der Waals surface area (Å²) in [6.07, 6.45) is -0.175. The third kappa shape index (κ3) is 3.20. The Labute approximate surface area is 109 Å². The SMILES string of the molecule is C[C@@H](O[Si](C)(C)C(C)(C)C)c1cc(C(=O)O)n[nH]1. The van der Waals surface area contributed by atoms with Gasteiger partial charge in [-0.05, 0) is 31.1 Å². The van der Waals surface area contributed by atoms with Crippen LogP contribution in [0.5, 0.6) is 0 Å². The number of aromatic carboxylic acids is 1. The molecule has 0 saturated carbocycles. The number of nitrogens with zero attached hydrogens (tertiary/aromatic N) is 1. The Morgan fingerprint density at radius 3 is 2.44 bits per heavy atom. The molecule has 0 aliphatic carbocycles. The highest BCUT2D eigenvalue weighted by Gasteiger charge is 2.38. The number of carbonyl (C=O) groups is 1. The van der Waals surface area contributed by atoms with Crippen LogP contribution >= 0.6 is 0 Å². The summed E-state index contributed by atoms with van der Waals surface area (Å²) in [6, 6.07) is 1.53. The molecule has 1 atom stereocenters. The van der Waals surface area contributed by atoms with E-state index in [1.807, 2.05) is 6.92 Å². The van der Waals surface area contributed by atoms with Gasteiger partial charge in [-0.25, -0.2) is 4.79 Å². The largest absolute Gasteiger partial charge is 0.476 e. The number of carboxylic acid groups (broad SMARTS) is 1. The van der Waals surface area contributed by atoms with Crippen molar-refractivity contribution in [1.29, 1.82) is 0 Å². The fourth-order valence-electron chi connectivity index (χ4n) is 1.34. The third-order valence-electron chi connectivity index (χ3n) is 3.53. The molecule has 18 heavy (non-hydrogen) atoms. The minimum Gasteiger partial charge on any atom is -0.476 e. The minimum absolute atomic E-state index is 0.0238. The Bertz CT molecular complexity index is 435. The van der Waals surface area contributed by atoms with E-state index in [4.69, 9.17) is 9.53 Å². The van der Waals surface area contributed by atoms with Crippen molar-refractivity contribution in [2.24, 2.45) is 0 Å². The number of aromatic nitrogens is 2. The molecule has 102 valence electrons. The van der Waals surface area contributed by atoms with Crippen molar-refractivity contribution in [2.75, 3.05) is 0 Å². The van der Waals surface area contributed by atoms with Crippen molar-refractivity contribution in [2.45, 2.75) is 51.9 Å². The maximum atomic E-state index is 10.8. The average Bonchev–Trinajstić information content (AvgIpc) is 2.63. The Morgan fingerprint density at radius 2 is 2.06 bits per heavy atom. The van der Waals surface area contributed by atoms with Gasteiger partial charge in [0.2, 0.25) is 0 Å². The van der Waals surface area contributed by atoms with Gasteiger partial charge >= 0.3 is 5.97 Å². The second-order valence-electron chi connectivity index (χ2n) is 6.03. The normalized spacial score (nSPS) is 14.6. The monoisotopic (exact) mass is 270 g/mol. The smallest absolute Gasteiger partial charge is 0.356 e. The molecule has 6 heteroatoms. The summed E-state index contributed by atoms with van der Waals surface area (Å²) in [4.78, 5) is 10.8. The van der Waals surface area contributed by atoms with E-state index in [1.54, 1.807) is 0 Å². The van der Waals surface area contributed by atoms with Gasteiger partial charge in [0.15, 0.2) is 14.0 Å². The summed E-state index contributed by atoms with van der Waals surface area (Å²) in [7, 11) is -1.86. The van der Waals surface area contributed by atoms with Crippen LogP contribution in [0, 0.1) is 0 Å². The third-order valence-corrected chi connectivity index (χ3v) is 8.09. The zero-order valence-corrected chi connectivity index (χ0v) is 12.9. The lowest BCUT2D eigenvalue weighted by atomic mass is 10.2. The lowest BCUT2D eigenvalue weighted by Gasteiger charge is -2.38. The Hall–Kier alpha value is -1.14. The molecule has 1 rings (SSSR count). The first-order valence-electron chi connectivity index (χ1n) is 6.01. The lowest BCUT2D eigenvalue weighted by Crippen LogP contribution is -2.41. The first-order chi connectivity index (χ1) is 8.04. The molecule has 0 radical (unpaired) electrons. The van der Waals surface area contributed by atoms with E-state index in [9.17, 15) is 4.79 Å². The Morgan fingerprint density at radius 1 is 1.50 bits per heavy atom. The van der Waals surface area contributed by atoms with Crippen molar-refractivity contribution in [1.82, 2.24) is 10.2 Å². The standard InChI is InChI=1S/C12H22N2O3Si/c1-8(17-18(5,6)12(2,3)4)9-7-10(11(15)16)14-13-9/h7-8H,1-6H3,(H,13,14)(H,15,16)/t8-/m1/s1. The number of nitrogens with one attached hydrogen (secondary N) is 1. The summed E-state index contributed by atoms with van der Waals surface area (Å²) in [5.74, 6) is -1.03. The van der Waals surface area contributed by atoms with E-state index in [1.165, 1.54) is 6.07 Å². The van der Waals surface area contributed by atoms with Crippen molar-refractivity contribution in [3.05, 3.63) is 17.5 Å². The molecule has 1 aromatic heterocycles. The molecule has 0 bridgehead atoms. The highest BCUT2D eigenvalue weighted by Crippen LogP contribution is 2.39. The molecule has 0 spiro atoms. The molecule has 5 nitrogen and oxygen atoms in total. The summed E-state index contributed by atoms with van der Waals surface area (Å²) >= 11 is 0. The lowest BCUT2D eigenvalue weighted by molar-refractivity contribution is 0.0690. The maximum absolute atomic E-state index is 10.8. The molecule has 0 aliphatic heterocycles. The van der Waals surface area contributed by atoms with Crippen LogP contribution in [-0.4, -0.2) is 29.6 Å². The van der Waals surface area contributed by atoms with Crippen LogP contribution in [0.15, 0.2) is 6.07 Å². The number of hydrogen-bond donors (Lipinski definition) is 2. The second kappa shape index (κ2) is 4.85. The predicted molar refractivity (Wildman–Crippen MR) is 72.2 cm³/mol. The topological polar surface area (TPSA) is 75.2 Å². The van der Waals surface area contributed by atoms with Crippen molar-refractivity contribution in [3.8, 4) is 0 Å². The summed E-state index contributed by atoms with van der Waals surface area (Å²) in [5, 5.41) is 15.4.